The van der Waals surface area contributed by atoms with Gasteiger partial charge in [0.2, 0.25) is 5.91 Å². The number of hydrogen-bond donors (Lipinski definition) is 1. The number of carbonyl (C=O) groups excluding carboxylic acids is 2. The van der Waals surface area contributed by atoms with Crippen LogP contribution in [0.3, 0.4) is 0 Å². The van der Waals surface area contributed by atoms with Gasteiger partial charge in [0, 0.05) is 24.3 Å². The first-order valence-corrected chi connectivity index (χ1v) is 10.5. The molecule has 28 heavy (non-hydrogen) atoms. The van der Waals surface area contributed by atoms with Gasteiger partial charge in [-0.3, -0.25) is 4.79 Å². The van der Waals surface area contributed by atoms with Gasteiger partial charge < -0.3 is 14.8 Å². The minimum atomic E-state index is -0.699. The van der Waals surface area contributed by atoms with E-state index >= 15 is 0 Å². The number of amides is 1. The zero-order chi connectivity index (χ0) is 20.2. The van der Waals surface area contributed by atoms with Crippen molar-refractivity contribution in [3.63, 3.8) is 0 Å². The van der Waals surface area contributed by atoms with Gasteiger partial charge in [0.1, 0.15) is 11.8 Å². The van der Waals surface area contributed by atoms with E-state index < -0.39 is 12.0 Å². The van der Waals surface area contributed by atoms with Crippen molar-refractivity contribution >= 4 is 23.6 Å². The van der Waals surface area contributed by atoms with Crippen LogP contribution in [0.1, 0.15) is 24.5 Å². The van der Waals surface area contributed by atoms with Gasteiger partial charge in [-0.25, -0.2) is 4.79 Å². The number of benzene rings is 2. The molecule has 0 saturated carbocycles. The number of thioether (sulfide) groups is 1. The Labute approximate surface area is 170 Å². The molecule has 150 valence electrons. The normalized spacial score (nSPS) is 11.5. The highest BCUT2D eigenvalue weighted by atomic mass is 32.2. The Bertz CT molecular complexity index is 734. The lowest BCUT2D eigenvalue weighted by Gasteiger charge is -2.17. The second kappa shape index (κ2) is 12.1. The van der Waals surface area contributed by atoms with Gasteiger partial charge in [0.05, 0.1) is 13.7 Å². The molecule has 0 heterocycles. The molecule has 0 spiro atoms. The number of carbonyl (C=O) groups is 2. The van der Waals surface area contributed by atoms with Crippen LogP contribution in [0.25, 0.3) is 0 Å². The van der Waals surface area contributed by atoms with Crippen molar-refractivity contribution in [3.8, 4) is 5.75 Å². The Morgan fingerprint density at radius 3 is 2.39 bits per heavy atom. The van der Waals surface area contributed by atoms with E-state index in [1.54, 1.807) is 11.8 Å². The lowest BCUT2D eigenvalue weighted by atomic mass is 10.1. The van der Waals surface area contributed by atoms with Crippen LogP contribution in [-0.2, 0) is 26.5 Å². The van der Waals surface area contributed by atoms with Crippen molar-refractivity contribution < 1.29 is 19.1 Å². The molecule has 0 fully saturated rings. The molecule has 0 unspecified atom stereocenters. The van der Waals surface area contributed by atoms with Gasteiger partial charge in [0.15, 0.2) is 0 Å². The summed E-state index contributed by atoms with van der Waals surface area (Å²) in [5, 5.41) is 2.80. The summed E-state index contributed by atoms with van der Waals surface area (Å²) in [6.45, 7) is 2.53. The Kier molecular flexibility index (Phi) is 9.42. The van der Waals surface area contributed by atoms with Crippen LogP contribution >= 0.6 is 11.8 Å². The molecular formula is C22H27NO4S. The van der Waals surface area contributed by atoms with Crippen molar-refractivity contribution in [3.05, 3.63) is 65.7 Å². The van der Waals surface area contributed by atoms with E-state index in [2.05, 4.69) is 17.4 Å². The van der Waals surface area contributed by atoms with Crippen LogP contribution in [0.2, 0.25) is 0 Å². The third-order valence-corrected chi connectivity index (χ3v) is 5.11. The monoisotopic (exact) mass is 401 g/mol. The maximum atomic E-state index is 12.3. The van der Waals surface area contributed by atoms with Crippen LogP contribution in [0.4, 0.5) is 0 Å². The van der Waals surface area contributed by atoms with Crippen LogP contribution in [0.15, 0.2) is 54.6 Å². The largest absolute Gasteiger partial charge is 0.494 e. The molecule has 0 aliphatic carbocycles. The van der Waals surface area contributed by atoms with Crippen molar-refractivity contribution in [2.45, 2.75) is 31.6 Å². The van der Waals surface area contributed by atoms with Crippen LogP contribution < -0.4 is 10.1 Å². The fourth-order valence-electron chi connectivity index (χ4n) is 2.66. The summed E-state index contributed by atoms with van der Waals surface area (Å²) in [5.41, 5.74) is 2.16. The lowest BCUT2D eigenvalue weighted by Crippen LogP contribution is -2.43. The predicted molar refractivity (Wildman–Crippen MR) is 112 cm³/mol. The number of nitrogens with one attached hydrogen (secondary N) is 1. The minimum absolute atomic E-state index is 0.151. The van der Waals surface area contributed by atoms with E-state index in [0.717, 1.165) is 17.1 Å². The molecular weight excluding hydrogens is 374 g/mol. The number of ether oxygens (including phenoxy) is 2. The molecule has 2 aromatic rings. The van der Waals surface area contributed by atoms with Crippen LogP contribution in [-0.4, -0.2) is 37.4 Å². The highest BCUT2D eigenvalue weighted by Crippen LogP contribution is 2.15. The van der Waals surface area contributed by atoms with Gasteiger partial charge in [-0.15, -0.1) is 0 Å². The van der Waals surface area contributed by atoms with Gasteiger partial charge in [-0.1, -0.05) is 42.5 Å². The molecule has 0 aliphatic heterocycles. The standard InChI is InChI=1S/C22H27NO4S/c1-3-27-19-11-9-17(10-12-19)15-20(22(25)26-2)23-21(24)13-14-28-16-18-7-5-4-6-8-18/h4-12,20H,3,13-16H2,1-2H3,(H,23,24)/t20-/m1/s1. The van der Waals surface area contributed by atoms with Gasteiger partial charge in [-0.2, -0.15) is 11.8 Å². The molecule has 2 rings (SSSR count). The SMILES string of the molecule is CCOc1ccc(C[C@@H](NC(=O)CCSCc2ccccc2)C(=O)OC)cc1. The van der Waals surface area contributed by atoms with Crippen LogP contribution in [0.5, 0.6) is 5.75 Å². The second-order valence-corrected chi connectivity index (χ2v) is 7.32. The molecule has 5 nitrogen and oxygen atoms in total. The Balaban J connectivity index is 1.81. The molecule has 0 bridgehead atoms. The summed E-state index contributed by atoms with van der Waals surface area (Å²) < 4.78 is 10.3. The highest BCUT2D eigenvalue weighted by molar-refractivity contribution is 7.98. The molecule has 0 aromatic heterocycles. The van der Waals surface area contributed by atoms with Crippen molar-refractivity contribution in [1.29, 1.82) is 0 Å². The van der Waals surface area contributed by atoms with Gasteiger partial charge in [-0.05, 0) is 30.2 Å². The van der Waals surface area contributed by atoms with Crippen molar-refractivity contribution in [2.75, 3.05) is 19.5 Å². The molecule has 1 amide bonds. The van der Waals surface area contributed by atoms with E-state index in [1.807, 2.05) is 49.4 Å². The maximum absolute atomic E-state index is 12.3. The Hall–Kier alpha value is -2.47. The third-order valence-electron chi connectivity index (χ3n) is 4.08. The maximum Gasteiger partial charge on any atom is 0.328 e. The third kappa shape index (κ3) is 7.64. The zero-order valence-electron chi connectivity index (χ0n) is 16.4. The molecule has 0 radical (unpaired) electrons. The van der Waals surface area contributed by atoms with E-state index in [1.165, 1.54) is 12.7 Å². The van der Waals surface area contributed by atoms with Gasteiger partial charge >= 0.3 is 5.97 Å². The van der Waals surface area contributed by atoms with E-state index in [9.17, 15) is 9.59 Å². The van der Waals surface area contributed by atoms with E-state index in [4.69, 9.17) is 9.47 Å². The second-order valence-electron chi connectivity index (χ2n) is 6.21. The molecule has 2 aromatic carbocycles. The average Bonchev–Trinajstić information content (AvgIpc) is 2.72. The first-order valence-electron chi connectivity index (χ1n) is 9.33. The number of esters is 1. The van der Waals surface area contributed by atoms with Crippen molar-refractivity contribution in [1.82, 2.24) is 5.32 Å². The average molecular weight is 402 g/mol. The summed E-state index contributed by atoms with van der Waals surface area (Å²) in [4.78, 5) is 24.3. The zero-order valence-corrected chi connectivity index (χ0v) is 17.2. The van der Waals surface area contributed by atoms with E-state index in [-0.39, 0.29) is 5.91 Å². The predicted octanol–water partition coefficient (Wildman–Crippen LogP) is 3.61. The molecule has 0 saturated heterocycles. The molecule has 6 heteroatoms. The van der Waals surface area contributed by atoms with Crippen LogP contribution in [0, 0.1) is 0 Å². The Morgan fingerprint density at radius 2 is 1.75 bits per heavy atom. The molecule has 0 aliphatic rings. The number of methoxy groups -OCH3 is 1. The summed E-state index contributed by atoms with van der Waals surface area (Å²) in [6, 6.07) is 16.9. The van der Waals surface area contributed by atoms with Crippen molar-refractivity contribution in [2.24, 2.45) is 0 Å². The number of hydrogen-bond acceptors (Lipinski definition) is 5. The smallest absolute Gasteiger partial charge is 0.328 e. The topological polar surface area (TPSA) is 64.6 Å². The summed E-state index contributed by atoms with van der Waals surface area (Å²) in [7, 11) is 1.33. The summed E-state index contributed by atoms with van der Waals surface area (Å²) >= 11 is 1.70. The fraction of sp³-hybridized carbons (Fsp3) is 0.364. The molecule has 1 N–H and O–H groups in total. The minimum Gasteiger partial charge on any atom is -0.494 e. The quantitative estimate of drug-likeness (QED) is 0.460. The highest BCUT2D eigenvalue weighted by Gasteiger charge is 2.21. The first kappa shape index (κ1) is 21.8. The Morgan fingerprint density at radius 1 is 1.04 bits per heavy atom. The summed E-state index contributed by atoms with van der Waals surface area (Å²) in [6.07, 6.45) is 0.732. The van der Waals surface area contributed by atoms with E-state index in [0.29, 0.717) is 25.2 Å². The first-order chi connectivity index (χ1) is 13.6. The number of rotatable bonds is 11. The molecule has 1 atom stereocenters. The summed E-state index contributed by atoms with van der Waals surface area (Å²) in [5.74, 6) is 1.74. The van der Waals surface area contributed by atoms with Gasteiger partial charge in [0.25, 0.3) is 0 Å². The lowest BCUT2D eigenvalue weighted by molar-refractivity contribution is -0.145. The fourth-order valence-corrected chi connectivity index (χ4v) is 3.56.